The lowest BCUT2D eigenvalue weighted by atomic mass is 10.2. The van der Waals surface area contributed by atoms with Gasteiger partial charge in [0.2, 0.25) is 0 Å². The van der Waals surface area contributed by atoms with Gasteiger partial charge in [-0.1, -0.05) is 15.9 Å². The van der Waals surface area contributed by atoms with Crippen LogP contribution in [0.15, 0.2) is 39.4 Å². The fourth-order valence-electron chi connectivity index (χ4n) is 1.90. The number of nitrogens with two attached hydrogens (primary N) is 1. The summed E-state index contributed by atoms with van der Waals surface area (Å²) in [5.74, 6) is 0. The van der Waals surface area contributed by atoms with Crippen LogP contribution in [0.25, 0.3) is 11.0 Å². The van der Waals surface area contributed by atoms with Gasteiger partial charge in [-0.2, -0.15) is 0 Å². The molecule has 1 aromatic heterocycles. The highest BCUT2D eigenvalue weighted by molar-refractivity contribution is 9.10. The first-order chi connectivity index (χ1) is 9.15. The van der Waals surface area contributed by atoms with E-state index in [9.17, 15) is 0 Å². The zero-order valence-corrected chi connectivity index (χ0v) is 11.7. The predicted molar refractivity (Wildman–Crippen MR) is 78.4 cm³/mol. The molecule has 96 valence electrons. The van der Waals surface area contributed by atoms with E-state index in [2.05, 4.69) is 31.6 Å². The van der Waals surface area contributed by atoms with Gasteiger partial charge in [0.05, 0.1) is 11.4 Å². The first-order valence-electron chi connectivity index (χ1n) is 5.69. The summed E-state index contributed by atoms with van der Waals surface area (Å²) in [6, 6.07) is 9.66. The van der Waals surface area contributed by atoms with Crippen LogP contribution >= 0.6 is 15.9 Å². The lowest BCUT2D eigenvalue weighted by molar-refractivity contribution is 0.316. The van der Waals surface area contributed by atoms with Gasteiger partial charge < -0.3 is 11.1 Å². The third-order valence-electron chi connectivity index (χ3n) is 2.90. The maximum atomic E-state index is 5.82. The predicted octanol–water partition coefficient (Wildman–Crippen LogP) is 3.62. The van der Waals surface area contributed by atoms with Crippen molar-refractivity contribution in [1.82, 2.24) is 10.3 Å². The SMILES string of the molecule is Cc1cc(Br)ccc1Nc1ccc(N)c2nonc12. The van der Waals surface area contributed by atoms with E-state index in [4.69, 9.17) is 10.4 Å². The van der Waals surface area contributed by atoms with E-state index >= 15 is 0 Å². The van der Waals surface area contributed by atoms with Crippen molar-refractivity contribution >= 4 is 44.0 Å². The number of hydrogen-bond acceptors (Lipinski definition) is 5. The van der Waals surface area contributed by atoms with Crippen LogP contribution in [0.3, 0.4) is 0 Å². The zero-order valence-electron chi connectivity index (χ0n) is 10.1. The Balaban J connectivity index is 2.06. The number of aryl methyl sites for hydroxylation is 1. The molecule has 3 N–H and O–H groups in total. The van der Waals surface area contributed by atoms with E-state index in [1.807, 2.05) is 31.2 Å². The van der Waals surface area contributed by atoms with E-state index in [1.54, 1.807) is 6.07 Å². The van der Waals surface area contributed by atoms with Gasteiger partial charge in [0, 0.05) is 10.2 Å². The first kappa shape index (κ1) is 12.0. The summed E-state index contributed by atoms with van der Waals surface area (Å²) in [5.41, 5.74) is 10.5. The average Bonchev–Trinajstić information content (AvgIpc) is 2.86. The molecule has 0 fully saturated rings. The van der Waals surface area contributed by atoms with Crippen LogP contribution in [-0.2, 0) is 0 Å². The van der Waals surface area contributed by atoms with Crippen molar-refractivity contribution in [2.24, 2.45) is 0 Å². The Kier molecular flexibility index (Phi) is 2.87. The number of nitrogens with zero attached hydrogens (tertiary/aromatic N) is 2. The summed E-state index contributed by atoms with van der Waals surface area (Å²) in [6.45, 7) is 2.03. The molecule has 6 heteroatoms. The molecule has 1 heterocycles. The van der Waals surface area contributed by atoms with Crippen molar-refractivity contribution in [2.45, 2.75) is 6.92 Å². The molecular weight excluding hydrogens is 308 g/mol. The molecule has 0 bridgehead atoms. The number of nitrogen functional groups attached to an aromatic ring is 1. The number of hydrogen-bond donors (Lipinski definition) is 2. The third-order valence-corrected chi connectivity index (χ3v) is 3.40. The molecule has 2 aromatic carbocycles. The van der Waals surface area contributed by atoms with Crippen molar-refractivity contribution in [1.29, 1.82) is 0 Å². The standard InChI is InChI=1S/C13H11BrN4O/c1-7-6-8(14)2-4-10(7)16-11-5-3-9(15)12-13(11)18-19-17-12/h2-6,16H,15H2,1H3. The van der Waals surface area contributed by atoms with Crippen molar-refractivity contribution in [2.75, 3.05) is 11.1 Å². The monoisotopic (exact) mass is 318 g/mol. The summed E-state index contributed by atoms with van der Waals surface area (Å²) in [4.78, 5) is 0. The smallest absolute Gasteiger partial charge is 0.160 e. The van der Waals surface area contributed by atoms with Crippen LogP contribution in [0.4, 0.5) is 17.1 Å². The van der Waals surface area contributed by atoms with E-state index in [1.165, 1.54) is 0 Å². The number of aromatic nitrogens is 2. The molecule has 0 spiro atoms. The van der Waals surface area contributed by atoms with Crippen molar-refractivity contribution < 1.29 is 4.63 Å². The Labute approximate surface area is 117 Å². The lowest BCUT2D eigenvalue weighted by Crippen LogP contribution is -1.95. The van der Waals surface area contributed by atoms with E-state index in [-0.39, 0.29) is 0 Å². The molecule has 0 unspecified atom stereocenters. The number of nitrogens with one attached hydrogen (secondary N) is 1. The molecule has 5 nitrogen and oxygen atoms in total. The van der Waals surface area contributed by atoms with E-state index in [0.717, 1.165) is 21.4 Å². The van der Waals surface area contributed by atoms with Gasteiger partial charge in [0.25, 0.3) is 0 Å². The summed E-state index contributed by atoms with van der Waals surface area (Å²) >= 11 is 3.44. The quantitative estimate of drug-likeness (QED) is 0.706. The summed E-state index contributed by atoms with van der Waals surface area (Å²) in [7, 11) is 0. The number of fused-ring (bicyclic) bond motifs is 1. The fourth-order valence-corrected chi connectivity index (χ4v) is 2.37. The summed E-state index contributed by atoms with van der Waals surface area (Å²) in [5, 5.41) is 11.0. The van der Waals surface area contributed by atoms with Gasteiger partial charge >= 0.3 is 0 Å². The second-order valence-electron chi connectivity index (χ2n) is 4.25. The minimum Gasteiger partial charge on any atom is -0.397 e. The van der Waals surface area contributed by atoms with Crippen LogP contribution in [-0.4, -0.2) is 10.3 Å². The molecule has 19 heavy (non-hydrogen) atoms. The number of anilines is 3. The van der Waals surface area contributed by atoms with Gasteiger partial charge in [-0.25, -0.2) is 4.63 Å². The topological polar surface area (TPSA) is 77.0 Å². The third kappa shape index (κ3) is 2.15. The maximum Gasteiger partial charge on any atom is 0.160 e. The first-order valence-corrected chi connectivity index (χ1v) is 6.48. The highest BCUT2D eigenvalue weighted by atomic mass is 79.9. The van der Waals surface area contributed by atoms with E-state index < -0.39 is 0 Å². The maximum absolute atomic E-state index is 5.82. The van der Waals surface area contributed by atoms with Crippen molar-refractivity contribution in [3.63, 3.8) is 0 Å². The van der Waals surface area contributed by atoms with Gasteiger partial charge in [-0.15, -0.1) is 0 Å². The molecule has 0 aliphatic rings. The van der Waals surface area contributed by atoms with Crippen LogP contribution in [0.1, 0.15) is 5.56 Å². The number of benzene rings is 2. The van der Waals surface area contributed by atoms with Gasteiger partial charge in [0.1, 0.15) is 0 Å². The van der Waals surface area contributed by atoms with Crippen LogP contribution in [0.5, 0.6) is 0 Å². The molecule has 0 amide bonds. The largest absolute Gasteiger partial charge is 0.397 e. The minimum atomic E-state index is 0.550. The molecule has 0 atom stereocenters. The Morgan fingerprint density at radius 2 is 1.84 bits per heavy atom. The van der Waals surface area contributed by atoms with Gasteiger partial charge in [-0.3, -0.25) is 0 Å². The molecule has 0 aliphatic heterocycles. The highest BCUT2D eigenvalue weighted by Gasteiger charge is 2.10. The lowest BCUT2D eigenvalue weighted by Gasteiger charge is -2.10. The second-order valence-corrected chi connectivity index (χ2v) is 5.16. The Hall–Kier alpha value is -2.08. The molecular formula is C13H11BrN4O. The summed E-state index contributed by atoms with van der Waals surface area (Å²) in [6.07, 6.45) is 0. The van der Waals surface area contributed by atoms with Crippen molar-refractivity contribution in [3.8, 4) is 0 Å². The van der Waals surface area contributed by atoms with Crippen LogP contribution in [0, 0.1) is 6.92 Å². The molecule has 0 saturated carbocycles. The Bertz CT molecular complexity index is 753. The van der Waals surface area contributed by atoms with E-state index in [0.29, 0.717) is 16.7 Å². The Morgan fingerprint density at radius 3 is 2.63 bits per heavy atom. The molecule has 0 radical (unpaired) electrons. The second kappa shape index (κ2) is 4.55. The zero-order chi connectivity index (χ0) is 13.4. The summed E-state index contributed by atoms with van der Waals surface area (Å²) < 4.78 is 5.79. The van der Waals surface area contributed by atoms with Crippen LogP contribution < -0.4 is 11.1 Å². The Morgan fingerprint density at radius 1 is 1.11 bits per heavy atom. The van der Waals surface area contributed by atoms with Crippen LogP contribution in [0.2, 0.25) is 0 Å². The fraction of sp³-hybridized carbons (Fsp3) is 0.0769. The van der Waals surface area contributed by atoms with Gasteiger partial charge in [-0.05, 0) is 53.1 Å². The molecule has 0 aliphatic carbocycles. The minimum absolute atomic E-state index is 0.550. The van der Waals surface area contributed by atoms with Gasteiger partial charge in [0.15, 0.2) is 11.0 Å². The number of rotatable bonds is 2. The van der Waals surface area contributed by atoms with Crippen molar-refractivity contribution in [3.05, 3.63) is 40.4 Å². The molecule has 3 aromatic rings. The number of halogens is 1. The highest BCUT2D eigenvalue weighted by Crippen LogP contribution is 2.29. The average molecular weight is 319 g/mol. The molecule has 0 saturated heterocycles. The molecule has 3 rings (SSSR count). The normalized spacial score (nSPS) is 10.8.